The molecule has 1 heterocycles. The molecule has 2 aromatic rings. The number of carbonyl (C=O) groups excluding carboxylic acids is 2. The maximum Gasteiger partial charge on any atom is 0.342 e. The van der Waals surface area contributed by atoms with Crippen LogP contribution in [0, 0.1) is 11.8 Å². The van der Waals surface area contributed by atoms with Crippen molar-refractivity contribution in [3.8, 4) is 11.1 Å². The SMILES string of the molecule is CC(C)OC(=O)c1c(-c2ccccc2)csc1NC(=O)[C@H]1CC=CC[C@H]1C(=O)O. The van der Waals surface area contributed by atoms with E-state index in [0.29, 0.717) is 29.0 Å². The molecule has 0 saturated carbocycles. The highest BCUT2D eigenvalue weighted by molar-refractivity contribution is 7.15. The zero-order chi connectivity index (χ0) is 21.0. The zero-order valence-electron chi connectivity index (χ0n) is 16.3. The van der Waals surface area contributed by atoms with Crippen LogP contribution in [0.15, 0.2) is 47.9 Å². The fourth-order valence-corrected chi connectivity index (χ4v) is 4.30. The molecule has 0 unspecified atom stereocenters. The highest BCUT2D eigenvalue weighted by Crippen LogP contribution is 2.37. The number of anilines is 1. The van der Waals surface area contributed by atoms with E-state index < -0.39 is 29.7 Å². The summed E-state index contributed by atoms with van der Waals surface area (Å²) in [6.07, 6.45) is 3.96. The van der Waals surface area contributed by atoms with Gasteiger partial charge in [-0.1, -0.05) is 42.5 Å². The summed E-state index contributed by atoms with van der Waals surface area (Å²) in [5.41, 5.74) is 1.81. The number of nitrogens with one attached hydrogen (secondary N) is 1. The molecule has 7 heteroatoms. The van der Waals surface area contributed by atoms with Crippen LogP contribution in [0.5, 0.6) is 0 Å². The summed E-state index contributed by atoms with van der Waals surface area (Å²) >= 11 is 1.23. The van der Waals surface area contributed by atoms with E-state index in [-0.39, 0.29) is 6.10 Å². The lowest BCUT2D eigenvalue weighted by molar-refractivity contribution is -0.146. The minimum Gasteiger partial charge on any atom is -0.481 e. The Morgan fingerprint density at radius 1 is 1.10 bits per heavy atom. The van der Waals surface area contributed by atoms with Gasteiger partial charge in [-0.3, -0.25) is 9.59 Å². The predicted molar refractivity (Wildman–Crippen MR) is 112 cm³/mol. The van der Waals surface area contributed by atoms with Gasteiger partial charge in [-0.05, 0) is 32.3 Å². The third-order valence-electron chi connectivity index (χ3n) is 4.75. The molecule has 6 nitrogen and oxygen atoms in total. The maximum absolute atomic E-state index is 12.9. The van der Waals surface area contributed by atoms with E-state index in [1.54, 1.807) is 25.3 Å². The van der Waals surface area contributed by atoms with E-state index >= 15 is 0 Å². The number of benzene rings is 1. The Morgan fingerprint density at radius 3 is 2.38 bits per heavy atom. The van der Waals surface area contributed by atoms with Crippen molar-refractivity contribution < 1.29 is 24.2 Å². The fraction of sp³-hybridized carbons (Fsp3) is 0.318. The molecule has 0 bridgehead atoms. The van der Waals surface area contributed by atoms with Crippen molar-refractivity contribution in [2.24, 2.45) is 11.8 Å². The van der Waals surface area contributed by atoms with Crippen molar-refractivity contribution in [1.29, 1.82) is 0 Å². The van der Waals surface area contributed by atoms with Gasteiger partial charge in [0.25, 0.3) is 0 Å². The molecule has 0 radical (unpaired) electrons. The van der Waals surface area contributed by atoms with Crippen LogP contribution in [0.2, 0.25) is 0 Å². The fourth-order valence-electron chi connectivity index (χ4n) is 3.34. The average molecular weight is 413 g/mol. The number of thiophene rings is 1. The molecular formula is C22H23NO5S. The van der Waals surface area contributed by atoms with Crippen molar-refractivity contribution in [3.05, 3.63) is 53.4 Å². The molecule has 0 saturated heterocycles. The highest BCUT2D eigenvalue weighted by atomic mass is 32.1. The summed E-state index contributed by atoms with van der Waals surface area (Å²) in [5, 5.41) is 14.4. The molecule has 1 amide bonds. The summed E-state index contributed by atoms with van der Waals surface area (Å²) in [6.45, 7) is 3.52. The van der Waals surface area contributed by atoms with Gasteiger partial charge in [0.05, 0.1) is 17.9 Å². The molecule has 3 rings (SSSR count). The van der Waals surface area contributed by atoms with Crippen molar-refractivity contribution in [2.45, 2.75) is 32.8 Å². The number of rotatable bonds is 6. The van der Waals surface area contributed by atoms with E-state index in [1.807, 2.05) is 36.4 Å². The molecule has 152 valence electrons. The van der Waals surface area contributed by atoms with Crippen LogP contribution in [0.25, 0.3) is 11.1 Å². The van der Waals surface area contributed by atoms with Gasteiger partial charge in [-0.2, -0.15) is 0 Å². The van der Waals surface area contributed by atoms with Crippen LogP contribution < -0.4 is 5.32 Å². The molecule has 1 aromatic carbocycles. The standard InChI is InChI=1S/C22H23NO5S/c1-13(2)28-22(27)18-17(14-8-4-3-5-9-14)12-29-20(18)23-19(24)15-10-6-7-11-16(15)21(25)26/h3-9,12-13,15-16H,10-11H2,1-2H3,(H,23,24)(H,25,26)/t15-,16+/m0/s1. The second kappa shape index (κ2) is 9.05. The van der Waals surface area contributed by atoms with Gasteiger partial charge in [0.1, 0.15) is 10.6 Å². The first kappa shape index (κ1) is 20.8. The van der Waals surface area contributed by atoms with E-state index in [0.717, 1.165) is 5.56 Å². The van der Waals surface area contributed by atoms with Crippen molar-refractivity contribution >= 4 is 34.2 Å². The summed E-state index contributed by atoms with van der Waals surface area (Å²) in [6, 6.07) is 9.38. The third-order valence-corrected chi connectivity index (χ3v) is 5.64. The summed E-state index contributed by atoms with van der Waals surface area (Å²) in [4.78, 5) is 37.2. The van der Waals surface area contributed by atoms with Crippen LogP contribution in [-0.4, -0.2) is 29.1 Å². The van der Waals surface area contributed by atoms with Gasteiger partial charge in [-0.25, -0.2) is 4.79 Å². The number of allylic oxidation sites excluding steroid dienone is 2. The Kier molecular flexibility index (Phi) is 6.49. The largest absolute Gasteiger partial charge is 0.481 e. The topological polar surface area (TPSA) is 92.7 Å². The number of carboxylic acid groups (broad SMARTS) is 1. The molecule has 1 aliphatic carbocycles. The predicted octanol–water partition coefficient (Wildman–Crippen LogP) is 4.59. The Bertz CT molecular complexity index is 932. The number of hydrogen-bond donors (Lipinski definition) is 2. The Hall–Kier alpha value is -2.93. The normalized spacial score (nSPS) is 18.4. The van der Waals surface area contributed by atoms with Gasteiger partial charge >= 0.3 is 11.9 Å². The number of amides is 1. The molecule has 1 aromatic heterocycles. The Labute approximate surface area is 173 Å². The molecule has 0 aliphatic heterocycles. The number of carbonyl (C=O) groups is 3. The molecule has 1 aliphatic rings. The quantitative estimate of drug-likeness (QED) is 0.534. The van der Waals surface area contributed by atoms with Crippen LogP contribution in [0.4, 0.5) is 5.00 Å². The van der Waals surface area contributed by atoms with Crippen molar-refractivity contribution in [3.63, 3.8) is 0 Å². The average Bonchev–Trinajstić information content (AvgIpc) is 3.11. The highest BCUT2D eigenvalue weighted by Gasteiger charge is 2.35. The van der Waals surface area contributed by atoms with E-state index in [2.05, 4.69) is 5.32 Å². The molecule has 0 fully saturated rings. The van der Waals surface area contributed by atoms with Crippen LogP contribution in [-0.2, 0) is 14.3 Å². The maximum atomic E-state index is 12.9. The number of ether oxygens (including phenoxy) is 1. The lowest BCUT2D eigenvalue weighted by atomic mass is 9.82. The Morgan fingerprint density at radius 2 is 1.76 bits per heavy atom. The first-order chi connectivity index (χ1) is 13.9. The number of hydrogen-bond acceptors (Lipinski definition) is 5. The van der Waals surface area contributed by atoms with Gasteiger partial charge < -0.3 is 15.2 Å². The zero-order valence-corrected chi connectivity index (χ0v) is 17.1. The van der Waals surface area contributed by atoms with Gasteiger partial charge in [-0.15, -0.1) is 11.3 Å². The second-order valence-electron chi connectivity index (χ2n) is 7.16. The van der Waals surface area contributed by atoms with Gasteiger partial charge in [0, 0.05) is 10.9 Å². The van der Waals surface area contributed by atoms with Crippen LogP contribution >= 0.6 is 11.3 Å². The van der Waals surface area contributed by atoms with Gasteiger partial charge in [0.2, 0.25) is 5.91 Å². The van der Waals surface area contributed by atoms with E-state index in [9.17, 15) is 19.5 Å². The first-order valence-electron chi connectivity index (χ1n) is 9.45. The van der Waals surface area contributed by atoms with Crippen molar-refractivity contribution in [2.75, 3.05) is 5.32 Å². The second-order valence-corrected chi connectivity index (χ2v) is 8.04. The molecule has 2 N–H and O–H groups in total. The van der Waals surface area contributed by atoms with E-state index in [1.165, 1.54) is 11.3 Å². The summed E-state index contributed by atoms with van der Waals surface area (Å²) in [7, 11) is 0. The summed E-state index contributed by atoms with van der Waals surface area (Å²) in [5.74, 6) is -3.38. The minimum atomic E-state index is -0.995. The smallest absolute Gasteiger partial charge is 0.342 e. The van der Waals surface area contributed by atoms with E-state index in [4.69, 9.17) is 4.74 Å². The third kappa shape index (κ3) is 4.74. The Balaban J connectivity index is 1.93. The van der Waals surface area contributed by atoms with Crippen molar-refractivity contribution in [1.82, 2.24) is 0 Å². The molecular weight excluding hydrogens is 390 g/mol. The number of esters is 1. The van der Waals surface area contributed by atoms with Crippen LogP contribution in [0.1, 0.15) is 37.0 Å². The number of aliphatic carboxylic acids is 1. The lowest BCUT2D eigenvalue weighted by Gasteiger charge is -2.24. The summed E-state index contributed by atoms with van der Waals surface area (Å²) < 4.78 is 5.39. The minimum absolute atomic E-state index is 0.293. The molecule has 29 heavy (non-hydrogen) atoms. The lowest BCUT2D eigenvalue weighted by Crippen LogP contribution is -2.34. The molecule has 0 spiro atoms. The first-order valence-corrected chi connectivity index (χ1v) is 10.3. The van der Waals surface area contributed by atoms with Crippen LogP contribution in [0.3, 0.4) is 0 Å². The monoisotopic (exact) mass is 413 g/mol. The van der Waals surface area contributed by atoms with Gasteiger partial charge in [0.15, 0.2) is 0 Å². The number of carboxylic acids is 1. The molecule has 2 atom stereocenters.